The molecule has 0 radical (unpaired) electrons. The second-order valence-corrected chi connectivity index (χ2v) is 18.2. The van der Waals surface area contributed by atoms with Crippen LogP contribution in [0.2, 0.25) is 0 Å². The molecule has 1 saturated carbocycles. The van der Waals surface area contributed by atoms with Gasteiger partial charge < -0.3 is 34.3 Å². The van der Waals surface area contributed by atoms with E-state index < -0.39 is 49.2 Å². The number of benzene rings is 1. The molecule has 6 rings (SSSR count). The fourth-order valence-corrected chi connectivity index (χ4v) is 9.53. The highest BCUT2D eigenvalue weighted by Crippen LogP contribution is 2.69. The lowest BCUT2D eigenvalue weighted by atomic mass is 9.91. The van der Waals surface area contributed by atoms with E-state index in [1.807, 2.05) is 49.4 Å². The largest absolute Gasteiger partial charge is 0.472 e. The Morgan fingerprint density at radius 2 is 1.49 bits per heavy atom. The van der Waals surface area contributed by atoms with Gasteiger partial charge in [0, 0.05) is 6.61 Å². The molecular weight excluding hydrogens is 747 g/mol. The Balaban J connectivity index is 0.923. The Labute approximate surface area is 339 Å². The van der Waals surface area contributed by atoms with Crippen LogP contribution in [-0.4, -0.2) is 75.1 Å². The number of phosphoric ester groups is 1. The number of phosphoric acid groups is 1. The highest BCUT2D eigenvalue weighted by atomic mass is 31.2. The van der Waals surface area contributed by atoms with Crippen molar-refractivity contribution in [1.82, 2.24) is 14.6 Å². The number of nitrogen functional groups attached to an aromatic ring is 1. The summed E-state index contributed by atoms with van der Waals surface area (Å²) in [5.74, 6) is -0.675. The molecule has 318 valence electrons. The van der Waals surface area contributed by atoms with Crippen molar-refractivity contribution in [3.8, 4) is 0 Å². The third-order valence-electron chi connectivity index (χ3n) is 11.6. The molecule has 0 amide bonds. The van der Waals surface area contributed by atoms with Crippen LogP contribution in [0.1, 0.15) is 142 Å². The molecule has 14 heteroatoms. The van der Waals surface area contributed by atoms with Crippen LogP contribution in [0, 0.1) is 0 Å². The lowest BCUT2D eigenvalue weighted by Gasteiger charge is -2.33. The van der Waals surface area contributed by atoms with Gasteiger partial charge in [-0.2, -0.15) is 5.10 Å². The van der Waals surface area contributed by atoms with E-state index in [9.17, 15) is 9.46 Å². The molecule has 3 aliphatic rings. The van der Waals surface area contributed by atoms with Gasteiger partial charge in [0.05, 0.1) is 25.5 Å². The average Bonchev–Trinajstić information content (AvgIpc) is 3.51. The maximum Gasteiger partial charge on any atom is 0.472 e. The van der Waals surface area contributed by atoms with E-state index in [0.717, 1.165) is 18.4 Å². The Bertz CT molecular complexity index is 1730. The van der Waals surface area contributed by atoms with E-state index >= 15 is 0 Å². The monoisotopic (exact) mass is 814 g/mol. The number of unbranched alkanes of at least 4 members (excludes halogenated alkanes) is 15. The van der Waals surface area contributed by atoms with Crippen LogP contribution in [0.3, 0.4) is 0 Å². The summed E-state index contributed by atoms with van der Waals surface area (Å²) in [5.41, 5.74) is 6.22. The number of anilines is 1. The van der Waals surface area contributed by atoms with Crippen LogP contribution in [0.25, 0.3) is 5.52 Å². The normalized spacial score (nSPS) is 26.4. The van der Waals surface area contributed by atoms with Crippen LogP contribution in [0.15, 0.2) is 48.8 Å². The average molecular weight is 815 g/mol. The molecule has 2 aromatic heterocycles. The summed E-state index contributed by atoms with van der Waals surface area (Å²) < 4.78 is 58.0. The number of nitrogens with two attached hydrogens (primary N) is 1. The minimum Gasteiger partial charge on any atom is -0.382 e. The fourth-order valence-electron chi connectivity index (χ4n) is 8.55. The minimum absolute atomic E-state index is 0.202. The SMILES string of the molecule is CCCCCCCCCCCCCCCCCCOC[C@H](COP(=O)(O)OC1[C@H]2O[C@@](C)(c3ccc4c(N)ncnn34)[C@@H]3OC(C)(C)O[C@]123)OCc1ccccc1. The molecule has 2 saturated heterocycles. The van der Waals surface area contributed by atoms with Crippen LogP contribution >= 0.6 is 7.82 Å². The Hall–Kier alpha value is -2.45. The van der Waals surface area contributed by atoms with E-state index in [2.05, 4.69) is 17.0 Å². The first-order valence-corrected chi connectivity index (χ1v) is 23.0. The molecular formula is C43H67N4O9P. The van der Waals surface area contributed by atoms with Crippen molar-refractivity contribution in [3.05, 3.63) is 60.0 Å². The molecule has 7 atom stereocenters. The Kier molecular flexibility index (Phi) is 15.6. The van der Waals surface area contributed by atoms with Crippen molar-refractivity contribution in [2.24, 2.45) is 0 Å². The highest BCUT2D eigenvalue weighted by molar-refractivity contribution is 7.47. The highest BCUT2D eigenvalue weighted by Gasteiger charge is 2.88. The maximum atomic E-state index is 13.5. The van der Waals surface area contributed by atoms with E-state index in [4.69, 9.17) is 38.5 Å². The van der Waals surface area contributed by atoms with Crippen LogP contribution in [0.5, 0.6) is 0 Å². The van der Waals surface area contributed by atoms with Crippen molar-refractivity contribution >= 4 is 19.2 Å². The summed E-state index contributed by atoms with van der Waals surface area (Å²) >= 11 is 0. The quantitative estimate of drug-likeness (QED) is 0.0530. The van der Waals surface area contributed by atoms with E-state index in [-0.39, 0.29) is 13.2 Å². The molecule has 4 heterocycles. The number of rotatable bonds is 28. The van der Waals surface area contributed by atoms with Crippen molar-refractivity contribution in [2.45, 2.75) is 178 Å². The summed E-state index contributed by atoms with van der Waals surface area (Å²) in [6.45, 7) is 8.67. The van der Waals surface area contributed by atoms with Gasteiger partial charge in [0.25, 0.3) is 0 Å². The lowest BCUT2D eigenvalue weighted by Crippen LogP contribution is -2.45. The first-order valence-electron chi connectivity index (χ1n) is 21.5. The van der Waals surface area contributed by atoms with Crippen molar-refractivity contribution < 1.29 is 42.2 Å². The minimum atomic E-state index is -4.61. The summed E-state index contributed by atoms with van der Waals surface area (Å²) in [4.78, 5) is 15.1. The summed E-state index contributed by atoms with van der Waals surface area (Å²) in [6.07, 6.45) is 19.5. The summed E-state index contributed by atoms with van der Waals surface area (Å²) in [6, 6.07) is 13.4. The fraction of sp³-hybridized carbons (Fsp3) is 0.721. The number of hydrogen-bond acceptors (Lipinski definition) is 11. The number of fused-ring (bicyclic) bond motifs is 1. The number of hydrogen-bond donors (Lipinski definition) is 2. The first kappa shape index (κ1) is 44.1. The third kappa shape index (κ3) is 11.2. The molecule has 57 heavy (non-hydrogen) atoms. The molecule has 0 bridgehead atoms. The van der Waals surface area contributed by atoms with Gasteiger partial charge in [-0.05, 0) is 44.9 Å². The van der Waals surface area contributed by atoms with Gasteiger partial charge in [0.1, 0.15) is 41.9 Å². The van der Waals surface area contributed by atoms with Gasteiger partial charge in [-0.15, -0.1) is 0 Å². The van der Waals surface area contributed by atoms with Gasteiger partial charge in [-0.3, -0.25) is 9.05 Å². The first-order chi connectivity index (χ1) is 27.5. The molecule has 3 aromatic rings. The van der Waals surface area contributed by atoms with Crippen LogP contribution in [0.4, 0.5) is 5.82 Å². The topological polar surface area (TPSA) is 158 Å². The van der Waals surface area contributed by atoms with Crippen molar-refractivity contribution in [3.63, 3.8) is 0 Å². The van der Waals surface area contributed by atoms with Gasteiger partial charge in [0.2, 0.25) is 0 Å². The van der Waals surface area contributed by atoms with Crippen LogP contribution in [-0.2, 0) is 49.5 Å². The number of nitrogens with zero attached hydrogens (tertiary/aromatic N) is 3. The smallest absolute Gasteiger partial charge is 0.382 e. The van der Waals surface area contributed by atoms with E-state index in [0.29, 0.717) is 30.2 Å². The molecule has 1 aromatic carbocycles. The van der Waals surface area contributed by atoms with Crippen LogP contribution < -0.4 is 5.73 Å². The zero-order valence-electron chi connectivity index (χ0n) is 34.6. The lowest BCUT2D eigenvalue weighted by molar-refractivity contribution is -0.196. The zero-order valence-corrected chi connectivity index (χ0v) is 35.5. The second kappa shape index (κ2) is 20.2. The molecule has 13 nitrogen and oxygen atoms in total. The summed E-state index contributed by atoms with van der Waals surface area (Å²) in [5, 5.41) is 4.39. The third-order valence-corrected chi connectivity index (χ3v) is 12.6. The van der Waals surface area contributed by atoms with Gasteiger partial charge in [0.15, 0.2) is 17.2 Å². The molecule has 2 unspecified atom stereocenters. The van der Waals surface area contributed by atoms with E-state index in [1.54, 1.807) is 18.4 Å². The van der Waals surface area contributed by atoms with Crippen molar-refractivity contribution in [2.75, 3.05) is 25.6 Å². The second-order valence-electron chi connectivity index (χ2n) is 16.7. The molecule has 3 N–H and O–H groups in total. The molecule has 1 aliphatic carbocycles. The predicted molar refractivity (Wildman–Crippen MR) is 218 cm³/mol. The van der Waals surface area contributed by atoms with E-state index in [1.165, 1.54) is 96.2 Å². The van der Waals surface area contributed by atoms with Gasteiger partial charge in [-0.1, -0.05) is 134 Å². The van der Waals surface area contributed by atoms with Gasteiger partial charge in [-0.25, -0.2) is 14.1 Å². The molecule has 3 fully saturated rings. The summed E-state index contributed by atoms with van der Waals surface area (Å²) in [7, 11) is -4.61. The molecule has 1 spiro atoms. The number of aromatic nitrogens is 3. The van der Waals surface area contributed by atoms with Gasteiger partial charge >= 0.3 is 7.82 Å². The molecule has 2 aliphatic heterocycles. The zero-order chi connectivity index (χ0) is 40.4. The standard InChI is InChI=1S/C43H67N4O9P/c1-5-6-7-8-9-10-11-12-13-14-15-16-17-18-19-23-28-50-30-34(51-29-33-24-21-20-22-25-33)31-52-57(48,49)55-38-37-43(38)40(54-41(2,3)56-43)42(4,53-37)36-27-26-35-39(44)45-32-46-47(35)36/h20-22,24-27,32,34,37-38,40H,5-19,23,28-31H2,1-4H3,(H,48,49)(H2,44,45,46)/t34-,37-,38?,40+,42+,43+/m1/s1. The maximum absolute atomic E-state index is 13.5. The number of ether oxygens (including phenoxy) is 5. The Morgan fingerprint density at radius 3 is 2.14 bits per heavy atom. The van der Waals surface area contributed by atoms with Crippen molar-refractivity contribution in [1.29, 1.82) is 0 Å². The predicted octanol–water partition coefficient (Wildman–Crippen LogP) is 9.20. The Morgan fingerprint density at radius 1 is 0.860 bits per heavy atom.